The molecule has 3 aromatic rings. The quantitative estimate of drug-likeness (QED) is 0.741. The van der Waals surface area contributed by atoms with E-state index < -0.39 is 0 Å². The zero-order chi connectivity index (χ0) is 18.6. The lowest BCUT2D eigenvalue weighted by Gasteiger charge is -2.31. The minimum absolute atomic E-state index is 0.115. The van der Waals surface area contributed by atoms with Gasteiger partial charge >= 0.3 is 0 Å². The molecule has 140 valence electrons. The van der Waals surface area contributed by atoms with Gasteiger partial charge < -0.3 is 10.2 Å². The van der Waals surface area contributed by atoms with Gasteiger partial charge in [-0.25, -0.2) is 14.6 Å². The molecule has 1 fully saturated rings. The van der Waals surface area contributed by atoms with E-state index in [0.717, 1.165) is 48.6 Å². The molecule has 8 nitrogen and oxygen atoms in total. The average Bonchev–Trinajstić information content (AvgIpc) is 3.11. The maximum absolute atomic E-state index is 12.3. The zero-order valence-corrected chi connectivity index (χ0v) is 15.4. The minimum atomic E-state index is -0.115. The Balaban J connectivity index is 1.46. The Bertz CT molecular complexity index is 916. The van der Waals surface area contributed by atoms with Crippen molar-refractivity contribution < 1.29 is 4.79 Å². The fourth-order valence-electron chi connectivity index (χ4n) is 3.36. The number of rotatable bonds is 5. The minimum Gasteiger partial charge on any atom is -0.356 e. The van der Waals surface area contributed by atoms with Gasteiger partial charge in [0, 0.05) is 32.0 Å². The van der Waals surface area contributed by atoms with Crippen molar-refractivity contribution in [2.24, 2.45) is 5.92 Å². The average molecular weight is 365 g/mol. The summed E-state index contributed by atoms with van der Waals surface area (Å²) in [5.74, 6) is 1.55. The number of fused-ring (bicyclic) bond motifs is 1. The number of nitrogens with zero attached hydrogens (tertiary/aromatic N) is 6. The number of pyridine rings is 1. The first-order valence-corrected chi connectivity index (χ1v) is 9.28. The van der Waals surface area contributed by atoms with E-state index >= 15 is 0 Å². The molecule has 0 spiro atoms. The van der Waals surface area contributed by atoms with Crippen molar-refractivity contribution in [3.05, 3.63) is 42.6 Å². The topological polar surface area (TPSA) is 88.8 Å². The molecule has 1 aliphatic rings. The van der Waals surface area contributed by atoms with Gasteiger partial charge in [-0.2, -0.15) is 5.10 Å². The summed E-state index contributed by atoms with van der Waals surface area (Å²) in [6, 6.07) is 3.78. The van der Waals surface area contributed by atoms with Crippen molar-refractivity contribution in [2.45, 2.75) is 32.9 Å². The zero-order valence-electron chi connectivity index (χ0n) is 15.4. The number of carbonyl (C=O) groups is 1. The lowest BCUT2D eigenvalue weighted by atomic mass is 9.99. The van der Waals surface area contributed by atoms with Gasteiger partial charge in [-0.3, -0.25) is 9.78 Å². The fourth-order valence-corrected chi connectivity index (χ4v) is 3.36. The summed E-state index contributed by atoms with van der Waals surface area (Å²) >= 11 is 0. The second-order valence-corrected chi connectivity index (χ2v) is 7.04. The highest BCUT2D eigenvalue weighted by atomic mass is 16.2. The molecule has 0 bridgehead atoms. The fraction of sp³-hybridized carbons (Fsp3) is 0.421. The molecule has 0 radical (unpaired) electrons. The molecule has 1 aliphatic heterocycles. The Kier molecular flexibility index (Phi) is 4.95. The van der Waals surface area contributed by atoms with Crippen LogP contribution in [0.4, 0.5) is 5.82 Å². The Hall–Kier alpha value is -3.03. The maximum Gasteiger partial charge on any atom is 0.242 e. The second kappa shape index (κ2) is 7.69. The van der Waals surface area contributed by atoms with E-state index in [1.54, 1.807) is 29.6 Å². The second-order valence-electron chi connectivity index (χ2n) is 7.04. The summed E-state index contributed by atoms with van der Waals surface area (Å²) in [4.78, 5) is 27.5. The molecule has 0 aliphatic carbocycles. The lowest BCUT2D eigenvalue weighted by molar-refractivity contribution is -0.121. The van der Waals surface area contributed by atoms with Crippen molar-refractivity contribution in [3.8, 4) is 0 Å². The number of piperidine rings is 1. The Morgan fingerprint density at radius 1 is 1.26 bits per heavy atom. The SMILES string of the molecule is CC1CCN(c2ncnc3c2cnn3CC(=O)NCc2cccnc2)CC1. The molecule has 27 heavy (non-hydrogen) atoms. The van der Waals surface area contributed by atoms with Crippen LogP contribution >= 0.6 is 0 Å². The standard InChI is InChI=1S/C19H23N7O/c1-14-4-7-25(8-5-14)18-16-11-24-26(19(16)23-13-22-18)12-17(27)21-10-15-3-2-6-20-9-15/h2-3,6,9,11,13-14H,4-5,7-8,10,12H2,1H3,(H,21,27). The molecule has 0 unspecified atom stereocenters. The first kappa shape index (κ1) is 17.4. The van der Waals surface area contributed by atoms with Gasteiger partial charge in [0.25, 0.3) is 0 Å². The van der Waals surface area contributed by atoms with Gasteiger partial charge in [0.2, 0.25) is 5.91 Å². The lowest BCUT2D eigenvalue weighted by Crippen LogP contribution is -2.33. The third-order valence-electron chi connectivity index (χ3n) is 5.00. The molecule has 4 rings (SSSR count). The largest absolute Gasteiger partial charge is 0.356 e. The number of hydrogen-bond acceptors (Lipinski definition) is 6. The summed E-state index contributed by atoms with van der Waals surface area (Å²) < 4.78 is 1.63. The van der Waals surface area contributed by atoms with Crippen LogP contribution in [0, 0.1) is 5.92 Å². The molecular weight excluding hydrogens is 342 g/mol. The number of amides is 1. The van der Waals surface area contributed by atoms with E-state index in [-0.39, 0.29) is 12.5 Å². The summed E-state index contributed by atoms with van der Waals surface area (Å²) in [6.07, 6.45) is 9.09. The molecule has 4 heterocycles. The van der Waals surface area contributed by atoms with Crippen molar-refractivity contribution in [1.82, 2.24) is 30.0 Å². The smallest absolute Gasteiger partial charge is 0.242 e. The Labute approximate surface area is 157 Å². The van der Waals surface area contributed by atoms with Crippen LogP contribution in [0.25, 0.3) is 11.0 Å². The van der Waals surface area contributed by atoms with E-state index in [2.05, 4.69) is 37.2 Å². The molecule has 0 saturated carbocycles. The van der Waals surface area contributed by atoms with Crippen molar-refractivity contribution in [2.75, 3.05) is 18.0 Å². The van der Waals surface area contributed by atoms with E-state index in [4.69, 9.17) is 0 Å². The molecular formula is C19H23N7O. The molecule has 8 heteroatoms. The highest BCUT2D eigenvalue weighted by Crippen LogP contribution is 2.26. The molecule has 1 saturated heterocycles. The number of anilines is 1. The highest BCUT2D eigenvalue weighted by Gasteiger charge is 2.21. The Morgan fingerprint density at radius 2 is 2.11 bits per heavy atom. The first-order valence-electron chi connectivity index (χ1n) is 9.28. The first-order chi connectivity index (χ1) is 13.2. The van der Waals surface area contributed by atoms with Crippen LogP contribution in [0.3, 0.4) is 0 Å². The van der Waals surface area contributed by atoms with Gasteiger partial charge in [0.1, 0.15) is 18.7 Å². The van der Waals surface area contributed by atoms with Crippen LogP contribution in [0.2, 0.25) is 0 Å². The monoisotopic (exact) mass is 365 g/mol. The molecule has 0 aromatic carbocycles. The number of hydrogen-bond donors (Lipinski definition) is 1. The van der Waals surface area contributed by atoms with E-state index in [1.807, 2.05) is 12.1 Å². The third-order valence-corrected chi connectivity index (χ3v) is 5.00. The highest BCUT2D eigenvalue weighted by molar-refractivity contribution is 5.87. The van der Waals surface area contributed by atoms with Crippen molar-refractivity contribution in [1.29, 1.82) is 0 Å². The van der Waals surface area contributed by atoms with Gasteiger partial charge in [-0.1, -0.05) is 13.0 Å². The molecule has 3 aromatic heterocycles. The Morgan fingerprint density at radius 3 is 2.89 bits per heavy atom. The summed E-state index contributed by atoms with van der Waals surface area (Å²) in [6.45, 7) is 4.83. The van der Waals surface area contributed by atoms with Gasteiger partial charge in [0.15, 0.2) is 5.65 Å². The van der Waals surface area contributed by atoms with Crippen molar-refractivity contribution >= 4 is 22.8 Å². The molecule has 1 N–H and O–H groups in total. The number of nitrogens with one attached hydrogen (secondary N) is 1. The summed E-state index contributed by atoms with van der Waals surface area (Å²) in [5.41, 5.74) is 1.65. The predicted octanol–water partition coefficient (Wildman–Crippen LogP) is 1.77. The summed E-state index contributed by atoms with van der Waals surface area (Å²) in [7, 11) is 0. The van der Waals surface area contributed by atoms with Crippen LogP contribution in [-0.2, 0) is 17.9 Å². The van der Waals surface area contributed by atoms with Crippen LogP contribution in [0.1, 0.15) is 25.3 Å². The van der Waals surface area contributed by atoms with E-state index in [0.29, 0.717) is 12.2 Å². The summed E-state index contributed by atoms with van der Waals surface area (Å²) in [5, 5.41) is 8.16. The van der Waals surface area contributed by atoms with E-state index in [9.17, 15) is 4.79 Å². The molecule has 0 atom stereocenters. The van der Waals surface area contributed by atoms with Gasteiger partial charge in [-0.05, 0) is 30.4 Å². The van der Waals surface area contributed by atoms with Gasteiger partial charge in [-0.15, -0.1) is 0 Å². The van der Waals surface area contributed by atoms with Crippen molar-refractivity contribution in [3.63, 3.8) is 0 Å². The number of aromatic nitrogens is 5. The van der Waals surface area contributed by atoms with E-state index in [1.165, 1.54) is 0 Å². The third kappa shape index (κ3) is 3.89. The predicted molar refractivity (Wildman–Crippen MR) is 102 cm³/mol. The normalized spacial score (nSPS) is 15.2. The van der Waals surface area contributed by atoms with Gasteiger partial charge in [0.05, 0.1) is 11.6 Å². The maximum atomic E-state index is 12.3. The molecule has 1 amide bonds. The number of carbonyl (C=O) groups excluding carboxylic acids is 1. The van der Waals surface area contributed by atoms with Crippen LogP contribution < -0.4 is 10.2 Å². The van der Waals surface area contributed by atoms with Crippen LogP contribution in [-0.4, -0.2) is 43.7 Å². The van der Waals surface area contributed by atoms with Crippen LogP contribution in [0.5, 0.6) is 0 Å². The van der Waals surface area contributed by atoms with Crippen LogP contribution in [0.15, 0.2) is 37.1 Å².